The first-order chi connectivity index (χ1) is 17.0. The average molecular weight is 475 g/mol. The molecule has 2 fully saturated rings. The van der Waals surface area contributed by atoms with E-state index in [1.54, 1.807) is 13.8 Å². The summed E-state index contributed by atoms with van der Waals surface area (Å²) in [5, 5.41) is 23.9. The zero-order valence-electron chi connectivity index (χ0n) is 20.9. The van der Waals surface area contributed by atoms with Crippen molar-refractivity contribution in [3.05, 3.63) is 60.2 Å². The normalized spacial score (nSPS) is 16.0. The fourth-order valence-corrected chi connectivity index (χ4v) is 3.91. The van der Waals surface area contributed by atoms with Crippen LogP contribution in [0.1, 0.15) is 83.0 Å². The van der Waals surface area contributed by atoms with Crippen LogP contribution in [0.5, 0.6) is 0 Å². The van der Waals surface area contributed by atoms with Gasteiger partial charge in [0.05, 0.1) is 46.1 Å². The van der Waals surface area contributed by atoms with E-state index in [1.807, 2.05) is 49.1 Å². The molecule has 2 N–H and O–H groups in total. The van der Waals surface area contributed by atoms with Crippen LogP contribution >= 0.6 is 0 Å². The highest BCUT2D eigenvalue weighted by Crippen LogP contribution is 2.38. The predicted octanol–water partition coefficient (Wildman–Crippen LogP) is 6.56. The lowest BCUT2D eigenvalue weighted by Gasteiger charge is -2.03. The standard InChI is InChI=1S/2C12H13N3O.C3H8/c1-8(14-16)9-2-5-12-11(6-9)13-7-15(12)10-3-4-10;1-8(14-16)9-2-5-11-12(6-9)15(7-13-11)10-3-4-10;1-3-2/h2*2,5-7,10,16H,3-4H2,1H3;3H2,1-2H3/b2*14-8-;. The van der Waals surface area contributed by atoms with Gasteiger partial charge in [-0.05, 0) is 63.8 Å². The first-order valence-corrected chi connectivity index (χ1v) is 12.3. The number of hydrogen-bond donors (Lipinski definition) is 2. The molecule has 8 nitrogen and oxygen atoms in total. The van der Waals surface area contributed by atoms with Gasteiger partial charge < -0.3 is 19.5 Å². The minimum absolute atomic E-state index is 0.614. The van der Waals surface area contributed by atoms with Gasteiger partial charge in [0.25, 0.3) is 0 Å². The van der Waals surface area contributed by atoms with Gasteiger partial charge in [0.15, 0.2) is 0 Å². The maximum atomic E-state index is 8.77. The summed E-state index contributed by atoms with van der Waals surface area (Å²) < 4.78 is 4.44. The lowest BCUT2D eigenvalue weighted by molar-refractivity contribution is 0.319. The lowest BCUT2D eigenvalue weighted by Crippen LogP contribution is -1.96. The number of benzene rings is 2. The van der Waals surface area contributed by atoms with Crippen molar-refractivity contribution in [2.45, 2.75) is 71.9 Å². The molecule has 0 atom stereocenters. The van der Waals surface area contributed by atoms with Crippen molar-refractivity contribution in [2.24, 2.45) is 10.3 Å². The van der Waals surface area contributed by atoms with E-state index in [0.717, 1.165) is 33.2 Å². The Morgan fingerprint density at radius 2 is 1.26 bits per heavy atom. The van der Waals surface area contributed by atoms with Crippen LogP contribution in [0.25, 0.3) is 22.1 Å². The number of fused-ring (bicyclic) bond motifs is 2. The molecule has 2 aromatic carbocycles. The average Bonchev–Trinajstić information content (AvgIpc) is 3.83. The van der Waals surface area contributed by atoms with Gasteiger partial charge in [-0.25, -0.2) is 9.97 Å². The van der Waals surface area contributed by atoms with Gasteiger partial charge in [-0.2, -0.15) is 0 Å². The third kappa shape index (κ3) is 5.53. The van der Waals surface area contributed by atoms with E-state index < -0.39 is 0 Å². The minimum atomic E-state index is 0.614. The first kappa shape index (κ1) is 24.4. The minimum Gasteiger partial charge on any atom is -0.411 e. The number of rotatable bonds is 4. The second-order valence-corrected chi connectivity index (χ2v) is 9.25. The number of oxime groups is 2. The van der Waals surface area contributed by atoms with Crippen molar-refractivity contribution in [3.63, 3.8) is 0 Å². The van der Waals surface area contributed by atoms with Crippen molar-refractivity contribution < 1.29 is 10.4 Å². The topological polar surface area (TPSA) is 101 Å². The Hall–Kier alpha value is -3.68. The molecule has 0 saturated heterocycles. The van der Waals surface area contributed by atoms with E-state index in [-0.39, 0.29) is 0 Å². The van der Waals surface area contributed by atoms with Crippen LogP contribution < -0.4 is 0 Å². The van der Waals surface area contributed by atoms with Gasteiger partial charge >= 0.3 is 0 Å². The Kier molecular flexibility index (Phi) is 7.48. The van der Waals surface area contributed by atoms with E-state index in [1.165, 1.54) is 32.1 Å². The van der Waals surface area contributed by atoms with Crippen LogP contribution in [0, 0.1) is 0 Å². The summed E-state index contributed by atoms with van der Waals surface area (Å²) in [6, 6.07) is 13.2. The van der Waals surface area contributed by atoms with Gasteiger partial charge in [-0.15, -0.1) is 0 Å². The number of aromatic nitrogens is 4. The van der Waals surface area contributed by atoms with Crippen LogP contribution in [-0.4, -0.2) is 40.9 Å². The molecule has 0 bridgehead atoms. The molecule has 2 aromatic heterocycles. The van der Waals surface area contributed by atoms with Crippen molar-refractivity contribution >= 4 is 33.5 Å². The second kappa shape index (κ2) is 10.7. The van der Waals surface area contributed by atoms with Gasteiger partial charge in [0.1, 0.15) is 0 Å². The van der Waals surface area contributed by atoms with Gasteiger partial charge in [-0.3, -0.25) is 0 Å². The maximum absolute atomic E-state index is 8.77. The molecule has 2 aliphatic carbocycles. The summed E-state index contributed by atoms with van der Waals surface area (Å²) in [7, 11) is 0. The van der Waals surface area contributed by atoms with Gasteiger partial charge in [-0.1, -0.05) is 42.7 Å². The van der Waals surface area contributed by atoms with E-state index in [2.05, 4.69) is 43.3 Å². The lowest BCUT2D eigenvalue weighted by atomic mass is 10.1. The summed E-state index contributed by atoms with van der Waals surface area (Å²) >= 11 is 0. The van der Waals surface area contributed by atoms with E-state index in [0.29, 0.717) is 23.5 Å². The summed E-state index contributed by atoms with van der Waals surface area (Å²) in [4.78, 5) is 8.75. The molecule has 2 saturated carbocycles. The summed E-state index contributed by atoms with van der Waals surface area (Å²) in [5.41, 5.74) is 7.36. The predicted molar refractivity (Wildman–Crippen MR) is 140 cm³/mol. The molecule has 184 valence electrons. The third-order valence-corrected chi connectivity index (χ3v) is 6.17. The van der Waals surface area contributed by atoms with Gasteiger partial charge in [0, 0.05) is 23.2 Å². The number of nitrogens with zero attached hydrogens (tertiary/aromatic N) is 6. The number of hydrogen-bond acceptors (Lipinski definition) is 6. The van der Waals surface area contributed by atoms with Crippen molar-refractivity contribution in [2.75, 3.05) is 0 Å². The highest BCUT2D eigenvalue weighted by Gasteiger charge is 2.25. The van der Waals surface area contributed by atoms with Crippen molar-refractivity contribution in [1.82, 2.24) is 19.1 Å². The number of imidazole rings is 2. The Morgan fingerprint density at radius 1 is 0.771 bits per heavy atom. The van der Waals surface area contributed by atoms with Crippen molar-refractivity contribution in [1.29, 1.82) is 0 Å². The molecule has 0 aliphatic heterocycles. The van der Waals surface area contributed by atoms with Crippen LogP contribution in [0.2, 0.25) is 0 Å². The fourth-order valence-electron chi connectivity index (χ4n) is 3.91. The van der Waals surface area contributed by atoms with E-state index >= 15 is 0 Å². The SMILES string of the molecule is C/C(=N/O)c1ccc2c(c1)ncn2C1CC1.C/C(=N/O)c1ccc2ncn(C3CC3)c2c1.CCC. The Morgan fingerprint density at radius 3 is 1.80 bits per heavy atom. The monoisotopic (exact) mass is 474 g/mol. The quantitative estimate of drug-likeness (QED) is 0.199. The molecular weight excluding hydrogens is 440 g/mol. The Balaban J connectivity index is 0.000000149. The third-order valence-electron chi connectivity index (χ3n) is 6.17. The Bertz CT molecular complexity index is 1360. The molecule has 6 rings (SSSR count). The molecule has 35 heavy (non-hydrogen) atoms. The molecule has 2 aliphatic rings. The van der Waals surface area contributed by atoms with Crippen LogP contribution in [-0.2, 0) is 0 Å². The molecule has 8 heteroatoms. The zero-order chi connectivity index (χ0) is 24.9. The molecule has 0 unspecified atom stereocenters. The molecule has 0 amide bonds. The van der Waals surface area contributed by atoms with Crippen LogP contribution in [0.3, 0.4) is 0 Å². The van der Waals surface area contributed by atoms with E-state index in [4.69, 9.17) is 10.4 Å². The Labute approximate surface area is 205 Å². The molecule has 2 heterocycles. The van der Waals surface area contributed by atoms with Crippen molar-refractivity contribution in [3.8, 4) is 0 Å². The van der Waals surface area contributed by atoms with Crippen LogP contribution in [0.4, 0.5) is 0 Å². The van der Waals surface area contributed by atoms with Gasteiger partial charge in [0.2, 0.25) is 0 Å². The summed E-state index contributed by atoms with van der Waals surface area (Å²) in [6.45, 7) is 7.82. The molecule has 0 radical (unpaired) electrons. The summed E-state index contributed by atoms with van der Waals surface area (Å²) in [5.74, 6) is 0. The highest BCUT2D eigenvalue weighted by molar-refractivity contribution is 6.01. The largest absolute Gasteiger partial charge is 0.411 e. The highest BCUT2D eigenvalue weighted by atomic mass is 16.4. The summed E-state index contributed by atoms with van der Waals surface area (Å²) in [6.07, 6.45) is 10.0. The smallest absolute Gasteiger partial charge is 0.0960 e. The second-order valence-electron chi connectivity index (χ2n) is 9.25. The molecule has 0 spiro atoms. The zero-order valence-corrected chi connectivity index (χ0v) is 20.9. The van der Waals surface area contributed by atoms with Crippen LogP contribution in [0.15, 0.2) is 59.4 Å². The van der Waals surface area contributed by atoms with E-state index in [9.17, 15) is 0 Å². The first-order valence-electron chi connectivity index (χ1n) is 12.3. The maximum Gasteiger partial charge on any atom is 0.0960 e. The molecule has 4 aromatic rings. The fraction of sp³-hybridized carbons (Fsp3) is 0.407. The molecular formula is C27H34N6O2.